The molecule has 7 nitrogen and oxygen atoms in total. The number of nitrogens with one attached hydrogen (secondary N) is 2. The third-order valence-electron chi connectivity index (χ3n) is 3.75. The molecule has 0 aliphatic carbocycles. The molecule has 1 unspecified atom stereocenters. The summed E-state index contributed by atoms with van der Waals surface area (Å²) in [5, 5.41) is 14.9. The maximum atomic E-state index is 12.6. The summed E-state index contributed by atoms with van der Waals surface area (Å²) in [7, 11) is 1.56. The third-order valence-corrected chi connectivity index (χ3v) is 4.65. The first kappa shape index (κ1) is 19.8. The van der Waals surface area contributed by atoms with Gasteiger partial charge in [-0.15, -0.1) is 10.2 Å². The standard InChI is InChI=1S/C18H24N4O3S/c1-5-6-14-21-22-18(26-14)20-17(24)15(11(2)3)19-16(23)12-7-9-13(25-4)10-8-12/h7-11,15H,5-6H2,1-4H3,(H,19,23)(H,20,22,24). The van der Waals surface area contributed by atoms with Gasteiger partial charge in [0.1, 0.15) is 16.8 Å². The molecule has 1 aromatic carbocycles. The summed E-state index contributed by atoms with van der Waals surface area (Å²) in [6.07, 6.45) is 1.80. The van der Waals surface area contributed by atoms with Crippen molar-refractivity contribution in [2.45, 2.75) is 39.7 Å². The lowest BCUT2D eigenvalue weighted by Crippen LogP contribution is -2.47. The van der Waals surface area contributed by atoms with Gasteiger partial charge < -0.3 is 10.1 Å². The normalized spacial score (nSPS) is 11.9. The van der Waals surface area contributed by atoms with Gasteiger partial charge in [0.05, 0.1) is 7.11 Å². The molecule has 0 spiro atoms. The largest absolute Gasteiger partial charge is 0.497 e. The average Bonchev–Trinajstić information content (AvgIpc) is 3.06. The lowest BCUT2D eigenvalue weighted by Gasteiger charge is -2.21. The van der Waals surface area contributed by atoms with Gasteiger partial charge in [-0.3, -0.25) is 14.9 Å². The number of methoxy groups -OCH3 is 1. The zero-order chi connectivity index (χ0) is 19.1. The Balaban J connectivity index is 2.03. The first-order chi connectivity index (χ1) is 12.4. The highest BCUT2D eigenvalue weighted by atomic mass is 32.1. The Morgan fingerprint density at radius 1 is 1.19 bits per heavy atom. The average molecular weight is 376 g/mol. The minimum Gasteiger partial charge on any atom is -0.497 e. The first-order valence-corrected chi connectivity index (χ1v) is 9.34. The summed E-state index contributed by atoms with van der Waals surface area (Å²) < 4.78 is 5.08. The summed E-state index contributed by atoms with van der Waals surface area (Å²) >= 11 is 1.35. The Hall–Kier alpha value is -2.48. The topological polar surface area (TPSA) is 93.2 Å². The number of hydrogen-bond acceptors (Lipinski definition) is 6. The SMILES string of the molecule is CCCc1nnc(NC(=O)C(NC(=O)c2ccc(OC)cc2)C(C)C)s1. The van der Waals surface area contributed by atoms with Gasteiger partial charge >= 0.3 is 0 Å². The molecule has 2 rings (SSSR count). The monoisotopic (exact) mass is 376 g/mol. The van der Waals surface area contributed by atoms with Crippen LogP contribution in [0.1, 0.15) is 42.6 Å². The fraction of sp³-hybridized carbons (Fsp3) is 0.444. The van der Waals surface area contributed by atoms with E-state index in [4.69, 9.17) is 4.74 Å². The minimum absolute atomic E-state index is 0.0831. The van der Waals surface area contributed by atoms with Crippen molar-refractivity contribution >= 4 is 28.3 Å². The summed E-state index contributed by atoms with van der Waals surface area (Å²) in [4.78, 5) is 25.0. The quantitative estimate of drug-likeness (QED) is 0.739. The van der Waals surface area contributed by atoms with E-state index in [-0.39, 0.29) is 17.7 Å². The van der Waals surface area contributed by atoms with Gasteiger partial charge in [0.25, 0.3) is 5.91 Å². The molecule has 2 N–H and O–H groups in total. The van der Waals surface area contributed by atoms with Crippen molar-refractivity contribution in [1.29, 1.82) is 0 Å². The fourth-order valence-corrected chi connectivity index (χ4v) is 3.15. The van der Waals surface area contributed by atoms with E-state index in [2.05, 4.69) is 27.8 Å². The zero-order valence-corrected chi connectivity index (χ0v) is 16.2. The number of aryl methyl sites for hydroxylation is 1. The van der Waals surface area contributed by atoms with Gasteiger partial charge in [0.2, 0.25) is 11.0 Å². The van der Waals surface area contributed by atoms with Gasteiger partial charge in [0.15, 0.2) is 0 Å². The summed E-state index contributed by atoms with van der Waals surface area (Å²) in [5.74, 6) is -0.0365. The molecule has 1 atom stereocenters. The van der Waals surface area contributed by atoms with E-state index in [0.29, 0.717) is 16.4 Å². The molecule has 0 aliphatic rings. The van der Waals surface area contributed by atoms with Crippen LogP contribution in [0.15, 0.2) is 24.3 Å². The lowest BCUT2D eigenvalue weighted by molar-refractivity contribution is -0.118. The number of amides is 2. The van der Waals surface area contributed by atoms with Gasteiger partial charge in [-0.25, -0.2) is 0 Å². The molecule has 0 fully saturated rings. The predicted octanol–water partition coefficient (Wildman–Crippen LogP) is 2.89. The molecule has 0 aliphatic heterocycles. The van der Waals surface area contributed by atoms with Crippen molar-refractivity contribution in [3.05, 3.63) is 34.8 Å². The van der Waals surface area contributed by atoms with Crippen molar-refractivity contribution in [1.82, 2.24) is 15.5 Å². The molecule has 0 radical (unpaired) electrons. The highest BCUT2D eigenvalue weighted by molar-refractivity contribution is 7.15. The summed E-state index contributed by atoms with van der Waals surface area (Å²) in [5.41, 5.74) is 0.463. The van der Waals surface area contributed by atoms with E-state index in [1.807, 2.05) is 13.8 Å². The van der Waals surface area contributed by atoms with Crippen LogP contribution in [0.5, 0.6) is 5.75 Å². The van der Waals surface area contributed by atoms with Gasteiger partial charge in [0, 0.05) is 12.0 Å². The number of rotatable bonds is 8. The van der Waals surface area contributed by atoms with Crippen LogP contribution in [0.3, 0.4) is 0 Å². The van der Waals surface area contributed by atoms with Crippen LogP contribution in [-0.4, -0.2) is 35.2 Å². The number of ether oxygens (including phenoxy) is 1. The summed E-state index contributed by atoms with van der Waals surface area (Å²) in [6, 6.07) is 6.05. The van der Waals surface area contributed by atoms with Crippen LogP contribution < -0.4 is 15.4 Å². The molecule has 2 aromatic rings. The molecule has 0 saturated heterocycles. The Labute approximate surface area is 157 Å². The number of benzene rings is 1. The highest BCUT2D eigenvalue weighted by Crippen LogP contribution is 2.18. The maximum Gasteiger partial charge on any atom is 0.251 e. The number of anilines is 1. The molecule has 0 saturated carbocycles. The van der Waals surface area contributed by atoms with Crippen LogP contribution in [0, 0.1) is 5.92 Å². The van der Waals surface area contributed by atoms with Crippen molar-refractivity contribution in [2.75, 3.05) is 12.4 Å². The highest BCUT2D eigenvalue weighted by Gasteiger charge is 2.25. The molecule has 8 heteroatoms. The number of carbonyl (C=O) groups excluding carboxylic acids is 2. The van der Waals surface area contributed by atoms with Crippen molar-refractivity contribution in [2.24, 2.45) is 5.92 Å². The molecule has 26 heavy (non-hydrogen) atoms. The zero-order valence-electron chi connectivity index (χ0n) is 15.4. The molecule has 140 valence electrons. The van der Waals surface area contributed by atoms with Gasteiger partial charge in [-0.05, 0) is 36.6 Å². The van der Waals surface area contributed by atoms with E-state index in [9.17, 15) is 9.59 Å². The van der Waals surface area contributed by atoms with Crippen LogP contribution in [0.2, 0.25) is 0 Å². The van der Waals surface area contributed by atoms with E-state index in [1.54, 1.807) is 31.4 Å². The number of aromatic nitrogens is 2. The molecule has 1 heterocycles. The Kier molecular flexibility index (Phi) is 7.08. The molecule has 1 aromatic heterocycles. The van der Waals surface area contributed by atoms with Crippen LogP contribution >= 0.6 is 11.3 Å². The summed E-state index contributed by atoms with van der Waals surface area (Å²) in [6.45, 7) is 5.81. The minimum atomic E-state index is -0.678. The van der Waals surface area contributed by atoms with Crippen molar-refractivity contribution in [3.63, 3.8) is 0 Å². The van der Waals surface area contributed by atoms with Crippen molar-refractivity contribution < 1.29 is 14.3 Å². The Morgan fingerprint density at radius 3 is 2.46 bits per heavy atom. The van der Waals surface area contributed by atoms with Crippen LogP contribution in [0.25, 0.3) is 0 Å². The van der Waals surface area contributed by atoms with Gasteiger partial charge in [-0.1, -0.05) is 32.1 Å². The molecular weight excluding hydrogens is 352 g/mol. The van der Waals surface area contributed by atoms with E-state index in [1.165, 1.54) is 11.3 Å². The number of carbonyl (C=O) groups is 2. The second-order valence-corrected chi connectivity index (χ2v) is 7.23. The molecule has 0 bridgehead atoms. The lowest BCUT2D eigenvalue weighted by atomic mass is 10.0. The number of hydrogen-bond donors (Lipinski definition) is 2. The first-order valence-electron chi connectivity index (χ1n) is 8.52. The van der Waals surface area contributed by atoms with Gasteiger partial charge in [-0.2, -0.15) is 0 Å². The maximum absolute atomic E-state index is 12.6. The van der Waals surface area contributed by atoms with E-state index >= 15 is 0 Å². The number of nitrogens with zero attached hydrogens (tertiary/aromatic N) is 2. The second-order valence-electron chi connectivity index (χ2n) is 6.16. The fourth-order valence-electron chi connectivity index (χ4n) is 2.30. The van der Waals surface area contributed by atoms with Crippen LogP contribution in [-0.2, 0) is 11.2 Å². The Bertz CT molecular complexity index is 743. The third kappa shape index (κ3) is 5.26. The van der Waals surface area contributed by atoms with Crippen molar-refractivity contribution in [3.8, 4) is 5.75 Å². The van der Waals surface area contributed by atoms with Crippen LogP contribution in [0.4, 0.5) is 5.13 Å². The van der Waals surface area contributed by atoms with E-state index < -0.39 is 6.04 Å². The Morgan fingerprint density at radius 2 is 1.88 bits per heavy atom. The predicted molar refractivity (Wildman–Crippen MR) is 102 cm³/mol. The van der Waals surface area contributed by atoms with E-state index in [0.717, 1.165) is 17.8 Å². The molecular formula is C18H24N4O3S. The second kappa shape index (κ2) is 9.28. The smallest absolute Gasteiger partial charge is 0.251 e. The molecule has 2 amide bonds.